The van der Waals surface area contributed by atoms with Crippen molar-refractivity contribution in [2.75, 3.05) is 56.8 Å². The van der Waals surface area contributed by atoms with Crippen LogP contribution in [0.3, 0.4) is 0 Å². The number of carbonyl (C=O) groups excluding carboxylic acids is 6. The highest BCUT2D eigenvalue weighted by atomic mass is 35.5. The van der Waals surface area contributed by atoms with Crippen LogP contribution in [0.2, 0.25) is 5.02 Å². The Hall–Kier alpha value is -6.23. The Kier molecular flexibility index (Phi) is 17.5. The van der Waals surface area contributed by atoms with E-state index >= 15 is 0 Å². The first-order chi connectivity index (χ1) is 34.3. The molecule has 3 aliphatic heterocycles. The number of esters is 1. The van der Waals surface area contributed by atoms with Gasteiger partial charge in [-0.2, -0.15) is 0 Å². The highest BCUT2D eigenvalue weighted by molar-refractivity contribution is 7.88. The van der Waals surface area contributed by atoms with Gasteiger partial charge < -0.3 is 34.7 Å². The summed E-state index contributed by atoms with van der Waals surface area (Å²) in [7, 11) is -3.70. The Balaban J connectivity index is 0.805. The molecule has 7 rings (SSSR count). The second-order valence-electron chi connectivity index (χ2n) is 18.4. The van der Waals surface area contributed by atoms with Gasteiger partial charge in [0.2, 0.25) is 27.7 Å². The number of carboxylic acids is 1. The van der Waals surface area contributed by atoms with E-state index in [0.717, 1.165) is 21.9 Å². The summed E-state index contributed by atoms with van der Waals surface area (Å²) in [6, 6.07) is 17.9. The SMILES string of the molecule is CC(C)(C)OC(=O)c1sc(-c2cccc(NC3CCN(S(=O)(=O)Cc4cccc(NC(=O)CCOCCOCCCc5cccc6c5C(=O)N(C5CCC(=O)NC5=O)C6=O)c4)CC3)c2)c(Cl)c1OCC(=O)O. The molecule has 2 saturated heterocycles. The van der Waals surface area contributed by atoms with E-state index in [1.807, 2.05) is 18.2 Å². The fourth-order valence-electron chi connectivity index (χ4n) is 8.48. The first kappa shape index (κ1) is 53.6. The summed E-state index contributed by atoms with van der Waals surface area (Å²) in [6.45, 7) is 5.98. The Morgan fingerprint density at radius 1 is 0.889 bits per heavy atom. The van der Waals surface area contributed by atoms with Crippen LogP contribution in [0.15, 0.2) is 66.7 Å². The lowest BCUT2D eigenvalue weighted by Crippen LogP contribution is -2.54. The van der Waals surface area contributed by atoms with E-state index in [2.05, 4.69) is 16.0 Å². The van der Waals surface area contributed by atoms with Crippen LogP contribution < -0.4 is 20.7 Å². The van der Waals surface area contributed by atoms with Gasteiger partial charge in [0.05, 0.1) is 48.0 Å². The van der Waals surface area contributed by atoms with Crippen LogP contribution in [0.25, 0.3) is 10.4 Å². The number of rotatable bonds is 22. The topological polar surface area (TPSA) is 253 Å². The van der Waals surface area contributed by atoms with Crippen molar-refractivity contribution >= 4 is 85.8 Å². The van der Waals surface area contributed by atoms with Crippen LogP contribution >= 0.6 is 22.9 Å². The van der Waals surface area contributed by atoms with Crippen LogP contribution in [-0.2, 0) is 55.6 Å². The summed E-state index contributed by atoms with van der Waals surface area (Å²) >= 11 is 7.73. The van der Waals surface area contributed by atoms with Crippen molar-refractivity contribution in [3.63, 3.8) is 0 Å². The second-order valence-corrected chi connectivity index (χ2v) is 21.7. The van der Waals surface area contributed by atoms with Gasteiger partial charge in [0, 0.05) is 43.5 Å². The fourth-order valence-corrected chi connectivity index (χ4v) is 11.5. The molecule has 2 fully saturated rings. The number of carboxylic acid groups (broad SMARTS) is 1. The van der Waals surface area contributed by atoms with E-state index in [0.29, 0.717) is 59.5 Å². The van der Waals surface area contributed by atoms with E-state index in [9.17, 15) is 47.1 Å². The van der Waals surface area contributed by atoms with E-state index in [4.69, 9.17) is 30.5 Å². The Labute approximate surface area is 425 Å². The number of fused-ring (bicyclic) bond motifs is 1. The highest BCUT2D eigenvalue weighted by Gasteiger charge is 2.45. The molecule has 0 spiro atoms. The number of hydrogen-bond acceptors (Lipinski definition) is 15. The molecule has 5 amide bonds. The smallest absolute Gasteiger partial charge is 0.352 e. The number of ether oxygens (including phenoxy) is 4. The maximum Gasteiger partial charge on any atom is 0.352 e. The summed E-state index contributed by atoms with van der Waals surface area (Å²) in [5, 5.41) is 17.8. The molecule has 22 heteroatoms. The van der Waals surface area contributed by atoms with Gasteiger partial charge in [-0.05, 0) is 99.9 Å². The molecular formula is C50H56ClN5O14S2. The molecule has 0 radical (unpaired) electrons. The molecule has 4 N–H and O–H groups in total. The number of halogens is 1. The molecule has 0 saturated carbocycles. The van der Waals surface area contributed by atoms with Crippen molar-refractivity contribution < 1.29 is 66.0 Å². The van der Waals surface area contributed by atoms with Gasteiger partial charge in [-0.25, -0.2) is 22.3 Å². The molecule has 3 aromatic carbocycles. The first-order valence-corrected chi connectivity index (χ1v) is 26.2. The molecule has 1 atom stereocenters. The standard InChI is InChI=1S/C50H56ClN5O14S2/c1-50(2,3)70-49(64)45-43(69-28-40(59)60)42(51)44(71-45)32-10-5-13-35(27-32)52-33-17-20-55(21-18-33)72(65,66)29-30-8-4-12-34(26-30)53-39(58)19-23-68-25-24-67-22-7-11-31-9-6-14-36-41(31)48(63)56(47(36)62)37-15-16-38(57)54-46(37)61/h4-6,8-10,12-14,26-27,33,37,52H,7,11,15-25,28-29H2,1-3H3,(H,53,58)(H,59,60)(H,54,57,61). The highest BCUT2D eigenvalue weighted by Crippen LogP contribution is 2.46. The van der Waals surface area contributed by atoms with Crippen molar-refractivity contribution in [3.8, 4) is 16.2 Å². The van der Waals surface area contributed by atoms with Crippen molar-refractivity contribution in [2.24, 2.45) is 0 Å². The minimum absolute atomic E-state index is 0.0417. The number of hydrogen-bond donors (Lipinski definition) is 4. The average Bonchev–Trinajstić information content (AvgIpc) is 3.79. The molecule has 1 aromatic heterocycles. The summed E-state index contributed by atoms with van der Waals surface area (Å²) in [6.07, 6.45) is 2.23. The maximum absolute atomic E-state index is 13.6. The number of amides is 5. The molecule has 0 aliphatic carbocycles. The van der Waals surface area contributed by atoms with Crippen molar-refractivity contribution in [1.29, 1.82) is 0 Å². The normalized spacial score (nSPS) is 16.6. The van der Waals surface area contributed by atoms with Crippen LogP contribution in [0, 0.1) is 0 Å². The molecule has 3 aliphatic rings. The van der Waals surface area contributed by atoms with Crippen LogP contribution in [0.4, 0.5) is 11.4 Å². The summed E-state index contributed by atoms with van der Waals surface area (Å²) in [5.41, 5.74) is 2.71. The van der Waals surface area contributed by atoms with Gasteiger partial charge in [-0.3, -0.25) is 34.2 Å². The number of nitrogens with zero attached hydrogens (tertiary/aromatic N) is 2. The third-order valence-electron chi connectivity index (χ3n) is 11.8. The number of piperidine rings is 2. The van der Waals surface area contributed by atoms with Crippen molar-refractivity contribution in [2.45, 2.75) is 89.2 Å². The largest absolute Gasteiger partial charge is 0.479 e. The predicted octanol–water partition coefficient (Wildman–Crippen LogP) is 6.29. The van der Waals surface area contributed by atoms with E-state index < -0.39 is 63.8 Å². The number of nitrogens with one attached hydrogen (secondary N) is 3. The summed E-state index contributed by atoms with van der Waals surface area (Å²) in [5.74, 6) is -4.75. The van der Waals surface area contributed by atoms with Crippen molar-refractivity contribution in [1.82, 2.24) is 14.5 Å². The zero-order valence-electron chi connectivity index (χ0n) is 40.0. The van der Waals surface area contributed by atoms with Gasteiger partial charge in [0.25, 0.3) is 11.8 Å². The fraction of sp³-hybridized carbons (Fsp3) is 0.420. The molecule has 72 heavy (non-hydrogen) atoms. The van der Waals surface area contributed by atoms with Crippen LogP contribution in [-0.4, -0.2) is 128 Å². The zero-order valence-corrected chi connectivity index (χ0v) is 42.3. The number of anilines is 2. The maximum atomic E-state index is 13.6. The lowest BCUT2D eigenvalue weighted by Gasteiger charge is -2.32. The molecular weight excluding hydrogens is 994 g/mol. The Bertz CT molecular complexity index is 2840. The molecule has 4 heterocycles. The lowest BCUT2D eigenvalue weighted by atomic mass is 9.99. The van der Waals surface area contributed by atoms with Gasteiger partial charge in [-0.1, -0.05) is 48.0 Å². The number of benzene rings is 3. The number of aryl methyl sites for hydroxylation is 1. The quantitative estimate of drug-likeness (QED) is 0.0383. The molecule has 19 nitrogen and oxygen atoms in total. The minimum atomic E-state index is -3.70. The van der Waals surface area contributed by atoms with Gasteiger partial charge >= 0.3 is 11.9 Å². The van der Waals surface area contributed by atoms with Gasteiger partial charge in [0.1, 0.15) is 16.7 Å². The third kappa shape index (κ3) is 13.6. The first-order valence-electron chi connectivity index (χ1n) is 23.4. The second kappa shape index (κ2) is 23.5. The number of sulfonamides is 1. The summed E-state index contributed by atoms with van der Waals surface area (Å²) < 4.78 is 50.9. The molecule has 1 unspecified atom stereocenters. The lowest BCUT2D eigenvalue weighted by molar-refractivity contribution is -0.139. The average molecular weight is 1050 g/mol. The van der Waals surface area contributed by atoms with Gasteiger partial charge in [0.15, 0.2) is 17.2 Å². The van der Waals surface area contributed by atoms with Crippen molar-refractivity contribution in [3.05, 3.63) is 98.9 Å². The molecule has 4 aromatic rings. The number of imide groups is 2. The Morgan fingerprint density at radius 2 is 1.60 bits per heavy atom. The van der Waals surface area contributed by atoms with Crippen LogP contribution in [0.1, 0.15) is 101 Å². The van der Waals surface area contributed by atoms with Gasteiger partial charge in [-0.15, -0.1) is 11.3 Å². The van der Waals surface area contributed by atoms with Crippen LogP contribution in [0.5, 0.6) is 5.75 Å². The number of thiophene rings is 1. The molecule has 0 bridgehead atoms. The monoisotopic (exact) mass is 1050 g/mol. The third-order valence-corrected chi connectivity index (χ3v) is 15.3. The predicted molar refractivity (Wildman–Crippen MR) is 267 cm³/mol. The minimum Gasteiger partial charge on any atom is -0.479 e. The zero-order chi connectivity index (χ0) is 51.7. The number of aliphatic carboxylic acids is 1. The van der Waals surface area contributed by atoms with E-state index in [1.165, 1.54) is 4.31 Å². The number of carbonyl (C=O) groups is 7. The molecule has 384 valence electrons. The summed E-state index contributed by atoms with van der Waals surface area (Å²) in [4.78, 5) is 89.0. The van der Waals surface area contributed by atoms with E-state index in [-0.39, 0.29) is 96.7 Å². The van der Waals surface area contributed by atoms with E-state index in [1.54, 1.807) is 69.3 Å². The Morgan fingerprint density at radius 3 is 2.32 bits per heavy atom.